The van der Waals surface area contributed by atoms with Crippen molar-refractivity contribution in [1.82, 2.24) is 15.1 Å². The number of thioether (sulfide) groups is 1. The quantitative estimate of drug-likeness (QED) is 0.767. The van der Waals surface area contributed by atoms with Crippen LogP contribution < -0.4 is 4.90 Å². The maximum atomic E-state index is 10.5. The number of carboxylic acid groups (broad SMARTS) is 1. The van der Waals surface area contributed by atoms with Crippen LogP contribution in [0.4, 0.5) is 5.13 Å². The zero-order valence-corrected chi connectivity index (χ0v) is 13.4. The minimum absolute atomic E-state index is 0.0384. The highest BCUT2D eigenvalue weighted by molar-refractivity contribution is 8.01. The maximum Gasteiger partial charge on any atom is 0.313 e. The molecule has 20 heavy (non-hydrogen) atoms. The van der Waals surface area contributed by atoms with E-state index in [1.54, 1.807) is 0 Å². The van der Waals surface area contributed by atoms with Crippen LogP contribution in [0.1, 0.15) is 20.3 Å². The van der Waals surface area contributed by atoms with Crippen LogP contribution in [0.5, 0.6) is 0 Å². The summed E-state index contributed by atoms with van der Waals surface area (Å²) in [4.78, 5) is 15.3. The van der Waals surface area contributed by atoms with E-state index in [0.29, 0.717) is 6.04 Å². The number of carbonyl (C=O) groups is 1. The van der Waals surface area contributed by atoms with Crippen molar-refractivity contribution >= 4 is 34.2 Å². The van der Waals surface area contributed by atoms with E-state index < -0.39 is 5.97 Å². The summed E-state index contributed by atoms with van der Waals surface area (Å²) >= 11 is 2.72. The van der Waals surface area contributed by atoms with Crippen LogP contribution in [0.25, 0.3) is 0 Å². The molecule has 0 bridgehead atoms. The summed E-state index contributed by atoms with van der Waals surface area (Å²) in [7, 11) is 0. The number of rotatable bonds is 7. The molecule has 2 rings (SSSR count). The first-order valence-corrected chi connectivity index (χ1v) is 8.61. The fraction of sp³-hybridized carbons (Fsp3) is 0.750. The molecule has 0 amide bonds. The van der Waals surface area contributed by atoms with Gasteiger partial charge in [0.15, 0.2) is 4.34 Å². The Morgan fingerprint density at radius 1 is 1.50 bits per heavy atom. The van der Waals surface area contributed by atoms with Crippen molar-refractivity contribution in [2.75, 3.05) is 36.8 Å². The van der Waals surface area contributed by atoms with Crippen molar-refractivity contribution in [1.29, 1.82) is 0 Å². The monoisotopic (exact) mass is 316 g/mol. The molecule has 1 aliphatic heterocycles. The Morgan fingerprint density at radius 2 is 2.25 bits per heavy atom. The molecule has 0 saturated carbocycles. The Labute approximate surface area is 127 Å². The predicted octanol–water partition coefficient (Wildman–Crippen LogP) is 1.64. The normalized spacial score (nSPS) is 18.9. The van der Waals surface area contributed by atoms with Gasteiger partial charge in [-0.05, 0) is 19.5 Å². The van der Waals surface area contributed by atoms with E-state index in [2.05, 4.69) is 33.8 Å². The molecule has 1 unspecified atom stereocenters. The summed E-state index contributed by atoms with van der Waals surface area (Å²) in [5, 5.41) is 17.8. The number of aromatic nitrogens is 2. The first-order valence-electron chi connectivity index (χ1n) is 6.81. The number of likely N-dealkylation sites (N-methyl/N-ethyl adjacent to an activating group) is 1. The van der Waals surface area contributed by atoms with E-state index in [4.69, 9.17) is 5.11 Å². The standard InChI is InChI=1S/C12H20N4O2S2/c1-3-15(4-2)9-5-6-16(7-9)11-13-14-12(20-11)19-8-10(17)18/h9H,3-8H2,1-2H3,(H,17,18). The van der Waals surface area contributed by atoms with Crippen LogP contribution in [0.15, 0.2) is 4.34 Å². The second-order valence-corrected chi connectivity index (χ2v) is 6.82. The van der Waals surface area contributed by atoms with E-state index in [0.717, 1.165) is 42.1 Å². The Balaban J connectivity index is 1.91. The second kappa shape index (κ2) is 7.24. The van der Waals surface area contributed by atoms with Crippen molar-refractivity contribution in [2.45, 2.75) is 30.6 Å². The summed E-state index contributed by atoms with van der Waals surface area (Å²) in [6.07, 6.45) is 1.15. The van der Waals surface area contributed by atoms with Crippen LogP contribution in [-0.2, 0) is 4.79 Å². The lowest BCUT2D eigenvalue weighted by molar-refractivity contribution is -0.133. The third-order valence-electron chi connectivity index (χ3n) is 3.48. The number of nitrogens with zero attached hydrogens (tertiary/aromatic N) is 4. The number of anilines is 1. The molecule has 2 heterocycles. The molecule has 112 valence electrons. The third-order valence-corrected chi connectivity index (χ3v) is 5.58. The fourth-order valence-electron chi connectivity index (χ4n) is 2.47. The molecule has 1 atom stereocenters. The number of aliphatic carboxylic acids is 1. The average Bonchev–Trinajstić information content (AvgIpc) is 3.06. The average molecular weight is 316 g/mol. The van der Waals surface area contributed by atoms with E-state index in [1.165, 1.54) is 23.1 Å². The molecular formula is C12H20N4O2S2. The highest BCUT2D eigenvalue weighted by Crippen LogP contribution is 2.30. The molecule has 0 aliphatic carbocycles. The van der Waals surface area contributed by atoms with Crippen LogP contribution in [-0.4, -0.2) is 64.1 Å². The van der Waals surface area contributed by atoms with E-state index in [9.17, 15) is 4.79 Å². The third kappa shape index (κ3) is 3.83. The fourth-order valence-corrected chi connectivity index (χ4v) is 4.06. The van der Waals surface area contributed by atoms with Crippen LogP contribution in [0.3, 0.4) is 0 Å². The van der Waals surface area contributed by atoms with Crippen molar-refractivity contribution in [3.63, 3.8) is 0 Å². The lowest BCUT2D eigenvalue weighted by Crippen LogP contribution is -2.37. The lowest BCUT2D eigenvalue weighted by atomic mass is 10.2. The molecule has 6 nitrogen and oxygen atoms in total. The minimum atomic E-state index is -0.825. The van der Waals surface area contributed by atoms with Crippen molar-refractivity contribution in [3.05, 3.63) is 0 Å². The summed E-state index contributed by atoms with van der Waals surface area (Å²) < 4.78 is 0.730. The van der Waals surface area contributed by atoms with Crippen LogP contribution >= 0.6 is 23.1 Å². The smallest absolute Gasteiger partial charge is 0.313 e. The van der Waals surface area contributed by atoms with Crippen molar-refractivity contribution in [3.8, 4) is 0 Å². The second-order valence-electron chi connectivity index (χ2n) is 4.64. The molecule has 0 spiro atoms. The number of hydrogen-bond donors (Lipinski definition) is 1. The van der Waals surface area contributed by atoms with Crippen molar-refractivity contribution < 1.29 is 9.90 Å². The molecule has 8 heteroatoms. The zero-order valence-electron chi connectivity index (χ0n) is 11.8. The predicted molar refractivity (Wildman–Crippen MR) is 81.8 cm³/mol. The molecule has 1 saturated heterocycles. The zero-order chi connectivity index (χ0) is 14.5. The van der Waals surface area contributed by atoms with Gasteiger partial charge in [0.25, 0.3) is 0 Å². The summed E-state index contributed by atoms with van der Waals surface area (Å²) in [6.45, 7) is 8.52. The van der Waals surface area contributed by atoms with E-state index >= 15 is 0 Å². The summed E-state index contributed by atoms with van der Waals surface area (Å²) in [5.41, 5.74) is 0. The van der Waals surface area contributed by atoms with E-state index in [-0.39, 0.29) is 5.75 Å². The van der Waals surface area contributed by atoms with Gasteiger partial charge in [-0.25, -0.2) is 0 Å². The maximum absolute atomic E-state index is 10.5. The highest BCUT2D eigenvalue weighted by atomic mass is 32.2. The molecular weight excluding hydrogens is 296 g/mol. The lowest BCUT2D eigenvalue weighted by Gasteiger charge is -2.25. The SMILES string of the molecule is CCN(CC)C1CCN(c2nnc(SCC(=O)O)s2)C1. The van der Waals surface area contributed by atoms with Gasteiger partial charge in [0, 0.05) is 19.1 Å². The molecule has 1 aromatic heterocycles. The Hall–Kier alpha value is -0.860. The first kappa shape index (κ1) is 15.5. The number of carboxylic acids is 1. The topological polar surface area (TPSA) is 69.6 Å². The Bertz CT molecular complexity index is 450. The molecule has 1 aliphatic rings. The van der Waals surface area contributed by atoms with Gasteiger partial charge < -0.3 is 10.0 Å². The molecule has 0 aromatic carbocycles. The highest BCUT2D eigenvalue weighted by Gasteiger charge is 2.28. The summed E-state index contributed by atoms with van der Waals surface area (Å²) in [5.74, 6) is -0.786. The van der Waals surface area contributed by atoms with Gasteiger partial charge in [-0.3, -0.25) is 9.69 Å². The van der Waals surface area contributed by atoms with Gasteiger partial charge in [0.1, 0.15) is 0 Å². The largest absolute Gasteiger partial charge is 0.481 e. The minimum Gasteiger partial charge on any atom is -0.481 e. The van der Waals surface area contributed by atoms with Crippen LogP contribution in [0.2, 0.25) is 0 Å². The van der Waals surface area contributed by atoms with Gasteiger partial charge in [0.2, 0.25) is 5.13 Å². The first-order chi connectivity index (χ1) is 9.63. The molecule has 1 N–H and O–H groups in total. The van der Waals surface area contributed by atoms with Gasteiger partial charge in [-0.1, -0.05) is 36.9 Å². The van der Waals surface area contributed by atoms with Crippen molar-refractivity contribution in [2.24, 2.45) is 0 Å². The van der Waals surface area contributed by atoms with Crippen LogP contribution in [0, 0.1) is 0 Å². The number of hydrogen-bond acceptors (Lipinski definition) is 7. The molecule has 1 fully saturated rings. The Morgan fingerprint density at radius 3 is 2.90 bits per heavy atom. The van der Waals surface area contributed by atoms with Gasteiger partial charge in [-0.2, -0.15) is 0 Å². The molecule has 1 aromatic rings. The van der Waals surface area contributed by atoms with Gasteiger partial charge in [0.05, 0.1) is 5.75 Å². The molecule has 0 radical (unpaired) electrons. The van der Waals surface area contributed by atoms with E-state index in [1.807, 2.05) is 0 Å². The van der Waals surface area contributed by atoms with Gasteiger partial charge in [-0.15, -0.1) is 10.2 Å². The Kier molecular flexibility index (Phi) is 5.62. The summed E-state index contributed by atoms with van der Waals surface area (Å²) in [6, 6.07) is 0.587. The van der Waals surface area contributed by atoms with Gasteiger partial charge >= 0.3 is 5.97 Å².